The van der Waals surface area contributed by atoms with Crippen LogP contribution in [0.5, 0.6) is 0 Å². The highest BCUT2D eigenvalue weighted by Crippen LogP contribution is 2.59. The molecule has 0 N–H and O–H groups in total. The number of rotatable bonds is 1. The van der Waals surface area contributed by atoms with Gasteiger partial charge in [-0.2, -0.15) is 0 Å². The normalized spacial score (nSPS) is 15.2. The predicted octanol–water partition coefficient (Wildman–Crippen LogP) is 8.81. The maximum absolute atomic E-state index is 2.70. The van der Waals surface area contributed by atoms with Crippen molar-refractivity contribution in [1.82, 2.24) is 4.57 Å². The molecule has 0 saturated carbocycles. The molecule has 7 aromatic rings. The lowest BCUT2D eigenvalue weighted by Crippen LogP contribution is -2.59. The molecule has 1 aromatic heterocycles. The van der Waals surface area contributed by atoms with Crippen LogP contribution in [0.4, 0.5) is 11.4 Å². The standard InChI is InChI=1S/C39H27BN2S/c1-39(2)28-15-5-3-12-24(28)26-22-23-35-38(36(26)39)42(33-20-9-10-21-34(33)43-35)40-29-16-6-8-19-32(29)41-31-18-7-4-13-25(31)27-14-11-17-30(40)37(27)41/h3-23H,1-2H3. The number of nitrogens with zero attached hydrogens (tertiary/aromatic N) is 2. The summed E-state index contributed by atoms with van der Waals surface area (Å²) in [6, 6.07) is 47.6. The van der Waals surface area contributed by atoms with Crippen LogP contribution in [0.25, 0.3) is 38.6 Å². The number of fused-ring (bicyclic) bond motifs is 11. The van der Waals surface area contributed by atoms with E-state index >= 15 is 0 Å². The summed E-state index contributed by atoms with van der Waals surface area (Å²) in [7, 11) is 0. The number of benzene rings is 6. The Morgan fingerprint density at radius 1 is 0.581 bits per heavy atom. The minimum atomic E-state index is -0.128. The van der Waals surface area contributed by atoms with Gasteiger partial charge in [0, 0.05) is 43.0 Å². The first kappa shape index (κ1) is 23.8. The molecule has 2 aliphatic heterocycles. The van der Waals surface area contributed by atoms with Gasteiger partial charge in [0.05, 0.1) is 11.0 Å². The highest BCUT2D eigenvalue weighted by Gasteiger charge is 2.46. The Morgan fingerprint density at radius 2 is 1.30 bits per heavy atom. The van der Waals surface area contributed by atoms with Gasteiger partial charge in [0.2, 0.25) is 0 Å². The Bertz CT molecular complexity index is 2330. The molecule has 10 rings (SSSR count). The molecular weight excluding hydrogens is 539 g/mol. The molecule has 0 amide bonds. The molecule has 2 nitrogen and oxygen atoms in total. The zero-order valence-electron chi connectivity index (χ0n) is 24.0. The molecule has 0 unspecified atom stereocenters. The molecule has 0 radical (unpaired) electrons. The summed E-state index contributed by atoms with van der Waals surface area (Å²) in [4.78, 5) is 5.33. The number of anilines is 2. The van der Waals surface area contributed by atoms with Crippen molar-refractivity contribution in [2.24, 2.45) is 0 Å². The first-order chi connectivity index (χ1) is 21.1. The van der Waals surface area contributed by atoms with Crippen molar-refractivity contribution < 1.29 is 0 Å². The third-order valence-electron chi connectivity index (χ3n) is 9.99. The number of hydrogen-bond donors (Lipinski definition) is 0. The molecular formula is C39H27BN2S. The lowest BCUT2D eigenvalue weighted by Gasteiger charge is -2.43. The van der Waals surface area contributed by atoms with Crippen LogP contribution in [-0.4, -0.2) is 11.4 Å². The second-order valence-electron chi connectivity index (χ2n) is 12.5. The van der Waals surface area contributed by atoms with Gasteiger partial charge in [-0.25, -0.2) is 0 Å². The molecule has 0 bridgehead atoms. The second-order valence-corrected chi connectivity index (χ2v) is 13.6. The zero-order valence-corrected chi connectivity index (χ0v) is 24.8. The van der Waals surface area contributed by atoms with Gasteiger partial charge in [0.25, 0.3) is 0 Å². The molecule has 0 spiro atoms. The highest BCUT2D eigenvalue weighted by atomic mass is 32.2. The van der Waals surface area contributed by atoms with E-state index in [2.05, 4.69) is 151 Å². The van der Waals surface area contributed by atoms with E-state index in [4.69, 9.17) is 0 Å². The summed E-state index contributed by atoms with van der Waals surface area (Å²) >= 11 is 1.91. The van der Waals surface area contributed by atoms with E-state index in [1.165, 1.54) is 81.8 Å². The third kappa shape index (κ3) is 2.92. The minimum absolute atomic E-state index is 0.0172. The van der Waals surface area contributed by atoms with Gasteiger partial charge in [-0.15, -0.1) is 0 Å². The van der Waals surface area contributed by atoms with Crippen molar-refractivity contribution in [3.63, 3.8) is 0 Å². The second kappa shape index (κ2) is 8.24. The Hall–Kier alpha value is -4.67. The lowest BCUT2D eigenvalue weighted by atomic mass is 9.46. The summed E-state index contributed by atoms with van der Waals surface area (Å²) in [6.45, 7) is 4.84. The van der Waals surface area contributed by atoms with Crippen molar-refractivity contribution >= 4 is 62.7 Å². The maximum Gasteiger partial charge on any atom is 0.332 e. The van der Waals surface area contributed by atoms with Crippen LogP contribution in [-0.2, 0) is 5.41 Å². The van der Waals surface area contributed by atoms with Gasteiger partial charge in [-0.05, 0) is 63.5 Å². The molecule has 0 fully saturated rings. The monoisotopic (exact) mass is 566 g/mol. The van der Waals surface area contributed by atoms with Crippen molar-refractivity contribution in [2.75, 3.05) is 4.81 Å². The predicted molar refractivity (Wildman–Crippen MR) is 183 cm³/mol. The SMILES string of the molecule is CC1(C)c2ccccc2-c2ccc3c(c21)N(B1c2ccccc2-n2c4ccccc4c4cccc1c42)c1ccccc1S3. The maximum atomic E-state index is 2.70. The van der Waals surface area contributed by atoms with Crippen LogP contribution in [0, 0.1) is 0 Å². The Morgan fingerprint density at radius 3 is 2.23 bits per heavy atom. The average Bonchev–Trinajstić information content (AvgIpc) is 3.51. The largest absolute Gasteiger partial charge is 0.375 e. The molecule has 3 heterocycles. The Labute approximate surface area is 255 Å². The molecule has 1 aliphatic carbocycles. The Kier molecular flexibility index (Phi) is 4.57. The smallest absolute Gasteiger partial charge is 0.332 e. The summed E-state index contributed by atoms with van der Waals surface area (Å²) < 4.78 is 2.51. The summed E-state index contributed by atoms with van der Waals surface area (Å²) in [5.74, 6) is 0. The molecule has 202 valence electrons. The van der Waals surface area contributed by atoms with Crippen LogP contribution in [0.2, 0.25) is 0 Å². The van der Waals surface area contributed by atoms with Crippen molar-refractivity contribution in [2.45, 2.75) is 29.1 Å². The number of para-hydroxylation sites is 4. The summed E-state index contributed by atoms with van der Waals surface area (Å²) in [6.07, 6.45) is 0. The fraction of sp³-hybridized carbons (Fsp3) is 0.0769. The van der Waals surface area contributed by atoms with E-state index in [0.29, 0.717) is 0 Å². The van der Waals surface area contributed by atoms with Gasteiger partial charge in [-0.3, -0.25) is 0 Å². The van der Waals surface area contributed by atoms with E-state index in [9.17, 15) is 0 Å². The number of aromatic nitrogens is 1. The first-order valence-corrected chi connectivity index (χ1v) is 15.9. The minimum Gasteiger partial charge on any atom is -0.375 e. The van der Waals surface area contributed by atoms with Crippen LogP contribution < -0.4 is 15.7 Å². The fourth-order valence-electron chi connectivity index (χ4n) is 8.28. The molecule has 0 saturated heterocycles. The van der Waals surface area contributed by atoms with Crippen LogP contribution in [0.1, 0.15) is 25.0 Å². The van der Waals surface area contributed by atoms with E-state index in [1.807, 2.05) is 11.8 Å². The third-order valence-corrected chi connectivity index (χ3v) is 11.1. The quantitative estimate of drug-likeness (QED) is 0.184. The molecule has 3 aliphatic rings. The number of hydrogen-bond acceptors (Lipinski definition) is 2. The zero-order chi connectivity index (χ0) is 28.4. The van der Waals surface area contributed by atoms with E-state index < -0.39 is 0 Å². The first-order valence-electron chi connectivity index (χ1n) is 15.1. The van der Waals surface area contributed by atoms with Gasteiger partial charge in [-0.1, -0.05) is 123 Å². The molecule has 0 atom stereocenters. The van der Waals surface area contributed by atoms with Crippen molar-refractivity contribution in [1.29, 1.82) is 0 Å². The van der Waals surface area contributed by atoms with Gasteiger partial charge in [0.15, 0.2) is 0 Å². The topological polar surface area (TPSA) is 8.17 Å². The van der Waals surface area contributed by atoms with E-state index in [1.54, 1.807) is 0 Å². The van der Waals surface area contributed by atoms with Gasteiger partial charge >= 0.3 is 6.85 Å². The van der Waals surface area contributed by atoms with Gasteiger partial charge < -0.3 is 9.38 Å². The van der Waals surface area contributed by atoms with Crippen LogP contribution in [0.3, 0.4) is 0 Å². The van der Waals surface area contributed by atoms with Crippen LogP contribution in [0.15, 0.2) is 137 Å². The lowest BCUT2D eigenvalue weighted by molar-refractivity contribution is 0.659. The summed E-state index contributed by atoms with van der Waals surface area (Å²) in [5.41, 5.74) is 14.6. The van der Waals surface area contributed by atoms with E-state index in [0.717, 1.165) is 0 Å². The van der Waals surface area contributed by atoms with Gasteiger partial charge in [0.1, 0.15) is 0 Å². The molecule has 4 heteroatoms. The fourth-order valence-corrected chi connectivity index (χ4v) is 9.37. The highest BCUT2D eigenvalue weighted by molar-refractivity contribution is 7.99. The average molecular weight is 567 g/mol. The van der Waals surface area contributed by atoms with E-state index in [-0.39, 0.29) is 12.3 Å². The molecule has 6 aromatic carbocycles. The molecule has 43 heavy (non-hydrogen) atoms. The Balaban J connectivity index is 1.35. The van der Waals surface area contributed by atoms with Crippen LogP contribution >= 0.6 is 11.8 Å². The van der Waals surface area contributed by atoms with Crippen molar-refractivity contribution in [3.05, 3.63) is 139 Å². The van der Waals surface area contributed by atoms with Crippen molar-refractivity contribution in [3.8, 4) is 16.8 Å². The summed E-state index contributed by atoms with van der Waals surface area (Å²) in [5, 5.41) is 2.63.